The van der Waals surface area contributed by atoms with Crippen molar-refractivity contribution < 1.29 is 23.5 Å². The van der Waals surface area contributed by atoms with Gasteiger partial charge in [-0.3, -0.25) is 9.59 Å². The highest BCUT2D eigenvalue weighted by molar-refractivity contribution is 5.98. The van der Waals surface area contributed by atoms with Gasteiger partial charge in [-0.05, 0) is 49.2 Å². The molecule has 0 aliphatic heterocycles. The zero-order valence-electron chi connectivity index (χ0n) is 15.0. The van der Waals surface area contributed by atoms with Crippen LogP contribution in [0.5, 0.6) is 5.75 Å². The molecule has 0 radical (unpaired) electrons. The summed E-state index contributed by atoms with van der Waals surface area (Å²) in [6.45, 7) is 3.71. The second-order valence-corrected chi connectivity index (χ2v) is 6.19. The Bertz CT molecular complexity index is 968. The quantitative estimate of drug-likeness (QED) is 0.495. The lowest BCUT2D eigenvalue weighted by molar-refractivity contribution is -0.141. The van der Waals surface area contributed by atoms with Gasteiger partial charge in [0.05, 0.1) is 19.8 Å². The van der Waals surface area contributed by atoms with Gasteiger partial charge in [0.2, 0.25) is 0 Å². The molecule has 2 aromatic carbocycles. The second-order valence-electron chi connectivity index (χ2n) is 6.19. The van der Waals surface area contributed by atoms with E-state index < -0.39 is 5.97 Å². The number of ketones is 1. The molecule has 3 rings (SSSR count). The van der Waals surface area contributed by atoms with Crippen molar-refractivity contribution >= 4 is 22.7 Å². The molecule has 0 spiro atoms. The molecule has 0 bridgehead atoms. The number of esters is 1. The summed E-state index contributed by atoms with van der Waals surface area (Å²) in [6.07, 6.45) is 1.62. The van der Waals surface area contributed by atoms with Crippen LogP contribution in [0.4, 0.5) is 0 Å². The van der Waals surface area contributed by atoms with Crippen LogP contribution >= 0.6 is 0 Å². The summed E-state index contributed by atoms with van der Waals surface area (Å²) in [6, 6.07) is 10.7. The minimum absolute atomic E-state index is 0.0564. The number of furan rings is 1. The lowest BCUT2D eigenvalue weighted by Gasteiger charge is -2.06. The number of benzene rings is 2. The van der Waals surface area contributed by atoms with Gasteiger partial charge in [0, 0.05) is 16.5 Å². The first-order valence-corrected chi connectivity index (χ1v) is 8.28. The SMILES string of the molecule is COc1cccc(C(=O)COC(=O)Cc2coc3cc(C)c(C)cc23)c1. The maximum atomic E-state index is 12.2. The van der Waals surface area contributed by atoms with Crippen molar-refractivity contribution in [2.45, 2.75) is 20.3 Å². The molecule has 1 aromatic heterocycles. The number of rotatable bonds is 6. The van der Waals surface area contributed by atoms with Crippen LogP contribution < -0.4 is 4.74 Å². The van der Waals surface area contributed by atoms with E-state index in [1.165, 1.54) is 7.11 Å². The first kappa shape index (κ1) is 17.7. The fraction of sp³-hybridized carbons (Fsp3) is 0.238. The Labute approximate surface area is 151 Å². The van der Waals surface area contributed by atoms with Crippen LogP contribution in [0, 0.1) is 13.8 Å². The molecule has 0 aliphatic carbocycles. The van der Waals surface area contributed by atoms with Crippen LogP contribution in [0.2, 0.25) is 0 Å². The average Bonchev–Trinajstić information content (AvgIpc) is 3.01. The highest BCUT2D eigenvalue weighted by Gasteiger charge is 2.15. The Balaban J connectivity index is 1.64. The topological polar surface area (TPSA) is 65.7 Å². The number of methoxy groups -OCH3 is 1. The smallest absolute Gasteiger partial charge is 0.310 e. The first-order chi connectivity index (χ1) is 12.5. The third kappa shape index (κ3) is 3.77. The molecule has 0 saturated carbocycles. The largest absolute Gasteiger partial charge is 0.497 e. The van der Waals surface area contributed by atoms with Crippen LogP contribution in [0.1, 0.15) is 27.0 Å². The maximum Gasteiger partial charge on any atom is 0.310 e. The normalized spacial score (nSPS) is 10.7. The number of hydrogen-bond acceptors (Lipinski definition) is 5. The minimum Gasteiger partial charge on any atom is -0.497 e. The van der Waals surface area contributed by atoms with Crippen LogP contribution in [0.3, 0.4) is 0 Å². The van der Waals surface area contributed by atoms with Crippen molar-refractivity contribution in [3.05, 3.63) is 64.9 Å². The fourth-order valence-corrected chi connectivity index (χ4v) is 2.71. The second kappa shape index (κ2) is 7.44. The predicted octanol–water partition coefficient (Wildman–Crippen LogP) is 4.03. The summed E-state index contributed by atoms with van der Waals surface area (Å²) < 4.78 is 15.7. The summed E-state index contributed by atoms with van der Waals surface area (Å²) in [5.74, 6) is -0.166. The lowest BCUT2D eigenvalue weighted by atomic mass is 10.0. The highest BCUT2D eigenvalue weighted by atomic mass is 16.5. The van der Waals surface area contributed by atoms with E-state index in [0.717, 1.165) is 27.7 Å². The third-order valence-corrected chi connectivity index (χ3v) is 4.36. The van der Waals surface area contributed by atoms with Crippen molar-refractivity contribution in [2.24, 2.45) is 0 Å². The van der Waals surface area contributed by atoms with Gasteiger partial charge < -0.3 is 13.9 Å². The summed E-state index contributed by atoms with van der Waals surface area (Å²) in [7, 11) is 1.53. The molecule has 0 fully saturated rings. The highest BCUT2D eigenvalue weighted by Crippen LogP contribution is 2.25. The molecule has 0 atom stereocenters. The van der Waals surface area contributed by atoms with E-state index >= 15 is 0 Å². The van der Waals surface area contributed by atoms with E-state index in [1.807, 2.05) is 26.0 Å². The Morgan fingerprint density at radius 3 is 2.62 bits per heavy atom. The lowest BCUT2D eigenvalue weighted by Crippen LogP contribution is -2.15. The van der Waals surface area contributed by atoms with Crippen LogP contribution in [-0.4, -0.2) is 25.5 Å². The summed E-state index contributed by atoms with van der Waals surface area (Å²) in [5, 5.41) is 0.893. The standard InChI is InChI=1S/C21H20O5/c1-13-7-18-16(11-25-20(18)8-14(13)2)10-21(23)26-12-19(22)15-5-4-6-17(9-15)24-3/h4-9,11H,10,12H2,1-3H3. The van der Waals surface area contributed by atoms with Gasteiger partial charge in [-0.15, -0.1) is 0 Å². The summed E-state index contributed by atoms with van der Waals surface area (Å²) >= 11 is 0. The number of carbonyl (C=O) groups excluding carboxylic acids is 2. The van der Waals surface area contributed by atoms with E-state index in [1.54, 1.807) is 30.5 Å². The van der Waals surface area contributed by atoms with Crippen molar-refractivity contribution in [2.75, 3.05) is 13.7 Å². The molecule has 5 heteroatoms. The average molecular weight is 352 g/mol. The third-order valence-electron chi connectivity index (χ3n) is 4.36. The van der Waals surface area contributed by atoms with Crippen molar-refractivity contribution in [1.82, 2.24) is 0 Å². The monoisotopic (exact) mass is 352 g/mol. The summed E-state index contributed by atoms with van der Waals surface area (Å²) in [5.41, 5.74) is 4.19. The molecule has 134 valence electrons. The molecule has 5 nitrogen and oxygen atoms in total. The molecule has 1 heterocycles. The van der Waals surface area contributed by atoms with Gasteiger partial charge in [-0.2, -0.15) is 0 Å². The number of hydrogen-bond donors (Lipinski definition) is 0. The summed E-state index contributed by atoms with van der Waals surface area (Å²) in [4.78, 5) is 24.3. The molecule has 0 N–H and O–H groups in total. The molecule has 3 aromatic rings. The van der Waals surface area contributed by atoms with Gasteiger partial charge >= 0.3 is 5.97 Å². The van der Waals surface area contributed by atoms with E-state index in [-0.39, 0.29) is 18.8 Å². The Morgan fingerprint density at radius 2 is 1.85 bits per heavy atom. The molecule has 0 saturated heterocycles. The first-order valence-electron chi connectivity index (χ1n) is 8.28. The zero-order chi connectivity index (χ0) is 18.7. The van der Waals surface area contributed by atoms with E-state index in [9.17, 15) is 9.59 Å². The van der Waals surface area contributed by atoms with Crippen LogP contribution in [0.15, 0.2) is 47.1 Å². The molecule has 0 amide bonds. The maximum absolute atomic E-state index is 12.2. The van der Waals surface area contributed by atoms with Crippen molar-refractivity contribution in [3.63, 3.8) is 0 Å². The van der Waals surface area contributed by atoms with Gasteiger partial charge in [0.1, 0.15) is 11.3 Å². The van der Waals surface area contributed by atoms with Gasteiger partial charge in [0.25, 0.3) is 0 Å². The number of Topliss-reactive ketones (excluding diaryl/α,β-unsaturated/α-hetero) is 1. The number of fused-ring (bicyclic) bond motifs is 1. The number of aryl methyl sites for hydroxylation is 2. The van der Waals surface area contributed by atoms with Crippen molar-refractivity contribution in [1.29, 1.82) is 0 Å². The molecule has 0 aliphatic rings. The van der Waals surface area contributed by atoms with Crippen molar-refractivity contribution in [3.8, 4) is 5.75 Å². The molecule has 0 unspecified atom stereocenters. The Hall–Kier alpha value is -3.08. The Morgan fingerprint density at radius 1 is 1.08 bits per heavy atom. The predicted molar refractivity (Wildman–Crippen MR) is 97.7 cm³/mol. The molecular weight excluding hydrogens is 332 g/mol. The van der Waals surface area contributed by atoms with E-state index in [0.29, 0.717) is 11.3 Å². The fourth-order valence-electron chi connectivity index (χ4n) is 2.71. The van der Waals surface area contributed by atoms with Crippen LogP contribution in [0.25, 0.3) is 11.0 Å². The molecular formula is C21H20O5. The van der Waals surface area contributed by atoms with E-state index in [2.05, 4.69) is 0 Å². The number of carbonyl (C=O) groups is 2. The Kier molecular flexibility index (Phi) is 5.07. The van der Waals surface area contributed by atoms with Gasteiger partial charge in [-0.1, -0.05) is 12.1 Å². The minimum atomic E-state index is -0.470. The zero-order valence-corrected chi connectivity index (χ0v) is 15.0. The molecule has 26 heavy (non-hydrogen) atoms. The van der Waals surface area contributed by atoms with Gasteiger partial charge in [0.15, 0.2) is 12.4 Å². The van der Waals surface area contributed by atoms with Gasteiger partial charge in [-0.25, -0.2) is 0 Å². The number of ether oxygens (including phenoxy) is 2. The van der Waals surface area contributed by atoms with Crippen LogP contribution in [-0.2, 0) is 16.0 Å². The van der Waals surface area contributed by atoms with E-state index in [4.69, 9.17) is 13.9 Å².